The molecule has 0 bridgehead atoms. The van der Waals surface area contributed by atoms with Gasteiger partial charge in [-0.1, -0.05) is 6.07 Å². The number of aromatic nitrogens is 4. The first-order valence-corrected chi connectivity index (χ1v) is 8.48. The first kappa shape index (κ1) is 15.3. The third kappa shape index (κ3) is 2.82. The number of para-hydroxylation sites is 1. The van der Waals surface area contributed by atoms with Gasteiger partial charge in [-0.25, -0.2) is 9.37 Å². The molecule has 2 aromatic heterocycles. The van der Waals surface area contributed by atoms with Gasteiger partial charge in [-0.2, -0.15) is 5.10 Å². The fourth-order valence-electron chi connectivity index (χ4n) is 3.68. The quantitative estimate of drug-likeness (QED) is 0.801. The standard InChI is InChI=1S/C18H22FN5/c1-12-9-13(2)24(22-12)10-14-5-4-8-23(14)11-17-20-16-7-3-6-15(19)18(16)21-17/h3,6-7,9,14H,4-5,8,10-11H2,1-2H3,(H,20,21). The lowest BCUT2D eigenvalue weighted by molar-refractivity contribution is 0.214. The normalized spacial score (nSPS) is 18.7. The molecule has 1 atom stereocenters. The van der Waals surface area contributed by atoms with Crippen molar-refractivity contribution in [3.05, 3.63) is 47.3 Å². The summed E-state index contributed by atoms with van der Waals surface area (Å²) in [5.41, 5.74) is 3.45. The lowest BCUT2D eigenvalue weighted by atomic mass is 10.2. The summed E-state index contributed by atoms with van der Waals surface area (Å²) in [6.07, 6.45) is 2.34. The highest BCUT2D eigenvalue weighted by Crippen LogP contribution is 2.23. The van der Waals surface area contributed by atoms with Crippen molar-refractivity contribution in [2.45, 2.75) is 45.8 Å². The molecule has 1 aromatic carbocycles. The third-order valence-corrected chi connectivity index (χ3v) is 4.85. The van der Waals surface area contributed by atoms with Gasteiger partial charge in [0, 0.05) is 11.7 Å². The van der Waals surface area contributed by atoms with Gasteiger partial charge in [0.1, 0.15) is 11.3 Å². The Hall–Kier alpha value is -2.21. The van der Waals surface area contributed by atoms with Crippen molar-refractivity contribution < 1.29 is 4.39 Å². The molecule has 24 heavy (non-hydrogen) atoms. The van der Waals surface area contributed by atoms with Crippen molar-refractivity contribution in [2.24, 2.45) is 0 Å². The maximum absolute atomic E-state index is 13.8. The molecule has 0 amide bonds. The van der Waals surface area contributed by atoms with Crippen LogP contribution in [-0.4, -0.2) is 37.2 Å². The lowest BCUT2D eigenvalue weighted by Gasteiger charge is -2.23. The van der Waals surface area contributed by atoms with Crippen LogP contribution >= 0.6 is 0 Å². The third-order valence-electron chi connectivity index (χ3n) is 4.85. The number of halogens is 1. The van der Waals surface area contributed by atoms with Gasteiger partial charge < -0.3 is 4.98 Å². The van der Waals surface area contributed by atoms with Crippen LogP contribution in [0.1, 0.15) is 30.1 Å². The van der Waals surface area contributed by atoms with Gasteiger partial charge in [0.05, 0.1) is 24.3 Å². The molecule has 0 radical (unpaired) electrons. The number of imidazole rings is 1. The molecule has 1 aliphatic rings. The molecular weight excluding hydrogens is 305 g/mol. The zero-order valence-corrected chi connectivity index (χ0v) is 14.1. The maximum Gasteiger partial charge on any atom is 0.151 e. The van der Waals surface area contributed by atoms with Crippen molar-refractivity contribution in [1.29, 1.82) is 0 Å². The molecule has 0 saturated carbocycles. The lowest BCUT2D eigenvalue weighted by Crippen LogP contribution is -2.33. The SMILES string of the molecule is Cc1cc(C)n(CC2CCCN2Cc2nc3c(F)cccc3[nH]2)n1. The molecule has 126 valence electrons. The number of hydrogen-bond acceptors (Lipinski definition) is 3. The van der Waals surface area contributed by atoms with E-state index < -0.39 is 0 Å². The van der Waals surface area contributed by atoms with Crippen LogP contribution in [0, 0.1) is 19.7 Å². The zero-order valence-electron chi connectivity index (χ0n) is 14.1. The predicted molar refractivity (Wildman–Crippen MR) is 91.2 cm³/mol. The Morgan fingerprint density at radius 2 is 2.21 bits per heavy atom. The smallest absolute Gasteiger partial charge is 0.151 e. The Kier molecular flexibility index (Phi) is 3.84. The Balaban J connectivity index is 1.52. The summed E-state index contributed by atoms with van der Waals surface area (Å²) in [5.74, 6) is 0.561. The Morgan fingerprint density at radius 3 is 2.96 bits per heavy atom. The van der Waals surface area contributed by atoms with Crippen molar-refractivity contribution in [3.8, 4) is 0 Å². The van der Waals surface area contributed by atoms with Gasteiger partial charge in [-0.15, -0.1) is 0 Å². The molecule has 1 aliphatic heterocycles. The molecule has 5 nitrogen and oxygen atoms in total. The first-order chi connectivity index (χ1) is 11.6. The summed E-state index contributed by atoms with van der Waals surface area (Å²) < 4.78 is 15.9. The van der Waals surface area contributed by atoms with Crippen molar-refractivity contribution in [1.82, 2.24) is 24.6 Å². The van der Waals surface area contributed by atoms with Crippen LogP contribution in [0.2, 0.25) is 0 Å². The summed E-state index contributed by atoms with van der Waals surface area (Å²) >= 11 is 0. The Bertz CT molecular complexity index is 866. The van der Waals surface area contributed by atoms with Gasteiger partial charge in [0.2, 0.25) is 0 Å². The molecular formula is C18H22FN5. The summed E-state index contributed by atoms with van der Waals surface area (Å²) in [5, 5.41) is 4.58. The number of likely N-dealkylation sites (tertiary alicyclic amines) is 1. The number of nitrogens with zero attached hydrogens (tertiary/aromatic N) is 4. The van der Waals surface area contributed by atoms with Gasteiger partial charge in [0.15, 0.2) is 5.82 Å². The van der Waals surface area contributed by atoms with E-state index in [1.54, 1.807) is 6.07 Å². The van der Waals surface area contributed by atoms with Crippen LogP contribution < -0.4 is 0 Å². The highest BCUT2D eigenvalue weighted by Gasteiger charge is 2.26. The molecule has 0 spiro atoms. The van der Waals surface area contributed by atoms with Crippen molar-refractivity contribution in [2.75, 3.05) is 6.54 Å². The fourth-order valence-corrected chi connectivity index (χ4v) is 3.68. The second-order valence-electron chi connectivity index (χ2n) is 6.70. The summed E-state index contributed by atoms with van der Waals surface area (Å²) in [6.45, 7) is 6.79. The van der Waals surface area contributed by atoms with E-state index in [2.05, 4.69) is 37.6 Å². The van der Waals surface area contributed by atoms with Crippen LogP contribution in [-0.2, 0) is 13.1 Å². The van der Waals surface area contributed by atoms with E-state index >= 15 is 0 Å². The highest BCUT2D eigenvalue weighted by molar-refractivity contribution is 5.75. The monoisotopic (exact) mass is 327 g/mol. The van der Waals surface area contributed by atoms with Crippen LogP contribution in [0.4, 0.5) is 4.39 Å². The van der Waals surface area contributed by atoms with Crippen LogP contribution in [0.3, 0.4) is 0 Å². The van der Waals surface area contributed by atoms with Gasteiger partial charge in [-0.05, 0) is 51.4 Å². The molecule has 0 aliphatic carbocycles. The molecule has 4 rings (SSSR count). The van der Waals surface area contributed by atoms with Gasteiger partial charge in [-0.3, -0.25) is 9.58 Å². The number of fused-ring (bicyclic) bond motifs is 1. The Labute approximate surface area is 140 Å². The van der Waals surface area contributed by atoms with E-state index in [1.807, 2.05) is 13.0 Å². The first-order valence-electron chi connectivity index (χ1n) is 8.48. The molecule has 1 saturated heterocycles. The number of hydrogen-bond donors (Lipinski definition) is 1. The predicted octanol–water partition coefficient (Wildman–Crippen LogP) is 3.18. The van der Waals surface area contributed by atoms with E-state index in [9.17, 15) is 4.39 Å². The van der Waals surface area contributed by atoms with E-state index in [-0.39, 0.29) is 5.82 Å². The minimum absolute atomic E-state index is 0.268. The fraction of sp³-hybridized carbons (Fsp3) is 0.444. The van der Waals surface area contributed by atoms with Gasteiger partial charge >= 0.3 is 0 Å². The Morgan fingerprint density at radius 1 is 1.33 bits per heavy atom. The maximum atomic E-state index is 13.8. The van der Waals surface area contributed by atoms with E-state index in [0.717, 1.165) is 43.1 Å². The summed E-state index contributed by atoms with van der Waals surface area (Å²) in [6, 6.07) is 7.59. The largest absolute Gasteiger partial charge is 0.341 e. The molecule has 3 heterocycles. The zero-order chi connectivity index (χ0) is 16.7. The number of rotatable bonds is 4. The number of aryl methyl sites for hydroxylation is 2. The molecule has 6 heteroatoms. The summed E-state index contributed by atoms with van der Waals surface area (Å²) in [7, 11) is 0. The minimum atomic E-state index is -0.268. The van der Waals surface area contributed by atoms with Gasteiger partial charge in [0.25, 0.3) is 0 Å². The van der Waals surface area contributed by atoms with Crippen molar-refractivity contribution in [3.63, 3.8) is 0 Å². The number of H-pyrrole nitrogens is 1. The van der Waals surface area contributed by atoms with Crippen LogP contribution in [0.15, 0.2) is 24.3 Å². The molecule has 1 fully saturated rings. The molecule has 1 unspecified atom stereocenters. The number of nitrogens with one attached hydrogen (secondary N) is 1. The van der Waals surface area contributed by atoms with E-state index in [1.165, 1.54) is 18.2 Å². The average Bonchev–Trinajstić information content (AvgIpc) is 3.21. The second kappa shape index (κ2) is 6.02. The highest BCUT2D eigenvalue weighted by atomic mass is 19.1. The van der Waals surface area contributed by atoms with Crippen molar-refractivity contribution >= 4 is 11.0 Å². The number of benzene rings is 1. The topological polar surface area (TPSA) is 49.7 Å². The minimum Gasteiger partial charge on any atom is -0.341 e. The molecule has 3 aromatic rings. The van der Waals surface area contributed by atoms with Crippen LogP contribution in [0.5, 0.6) is 0 Å². The summed E-state index contributed by atoms with van der Waals surface area (Å²) in [4.78, 5) is 10.1. The van der Waals surface area contributed by atoms with E-state index in [0.29, 0.717) is 11.6 Å². The second-order valence-corrected chi connectivity index (χ2v) is 6.70. The average molecular weight is 327 g/mol. The molecule has 1 N–H and O–H groups in total. The van der Waals surface area contributed by atoms with Crippen LogP contribution in [0.25, 0.3) is 11.0 Å². The number of aromatic amines is 1. The van der Waals surface area contributed by atoms with E-state index in [4.69, 9.17) is 0 Å².